The molecule has 0 radical (unpaired) electrons. The highest BCUT2D eigenvalue weighted by Crippen LogP contribution is 2.28. The molecule has 3 heterocycles. The van der Waals surface area contributed by atoms with E-state index < -0.39 is 15.9 Å². The molecular weight excluding hydrogens is 386 g/mol. The molecule has 4 rings (SSSR count). The number of carbonyl (C=O) groups excluding carboxylic acids is 1. The number of amides is 1. The van der Waals surface area contributed by atoms with Gasteiger partial charge in [-0.15, -0.1) is 0 Å². The van der Waals surface area contributed by atoms with Crippen LogP contribution in [-0.4, -0.2) is 45.5 Å². The van der Waals surface area contributed by atoms with Gasteiger partial charge in [0, 0.05) is 31.2 Å². The number of hydrogen-bond donors (Lipinski definition) is 1. The summed E-state index contributed by atoms with van der Waals surface area (Å²) in [6.45, 7) is 0.530. The van der Waals surface area contributed by atoms with E-state index in [4.69, 9.17) is 0 Å². The van der Waals surface area contributed by atoms with Gasteiger partial charge >= 0.3 is 0 Å². The molecule has 3 aromatic rings. The van der Waals surface area contributed by atoms with E-state index >= 15 is 0 Å². The summed E-state index contributed by atoms with van der Waals surface area (Å²) in [6, 6.07) is 8.34. The molecule has 1 unspecified atom stereocenters. The molecule has 1 aromatic carbocycles. The fourth-order valence-electron chi connectivity index (χ4n) is 3.18. The highest BCUT2D eigenvalue weighted by molar-refractivity contribution is 7.89. The van der Waals surface area contributed by atoms with Gasteiger partial charge in [0.25, 0.3) is 0 Å². The molecular formula is C17H17N5O3S2. The number of hydrogen-bond acceptors (Lipinski definition) is 7. The Labute approximate surface area is 160 Å². The molecule has 1 aliphatic heterocycles. The van der Waals surface area contributed by atoms with Gasteiger partial charge in [-0.1, -0.05) is 6.07 Å². The second-order valence-electron chi connectivity index (χ2n) is 6.32. The normalized spacial score (nSPS) is 18.4. The van der Waals surface area contributed by atoms with Gasteiger partial charge in [0.1, 0.15) is 15.9 Å². The van der Waals surface area contributed by atoms with Crippen LogP contribution in [-0.2, 0) is 14.8 Å². The molecule has 8 nitrogen and oxygen atoms in total. The zero-order valence-corrected chi connectivity index (χ0v) is 15.9. The minimum absolute atomic E-state index is 0.143. The van der Waals surface area contributed by atoms with Gasteiger partial charge in [0.2, 0.25) is 15.9 Å². The lowest BCUT2D eigenvalue weighted by atomic mass is 9.99. The van der Waals surface area contributed by atoms with Crippen LogP contribution < -0.4 is 5.32 Å². The van der Waals surface area contributed by atoms with Gasteiger partial charge in [0.15, 0.2) is 0 Å². The third kappa shape index (κ3) is 3.55. The third-order valence-electron chi connectivity index (χ3n) is 4.57. The lowest BCUT2D eigenvalue weighted by molar-refractivity contribution is -0.120. The molecule has 1 saturated heterocycles. The second kappa shape index (κ2) is 7.29. The summed E-state index contributed by atoms with van der Waals surface area (Å²) in [5.74, 6) is -0.593. The van der Waals surface area contributed by atoms with E-state index in [0.717, 1.165) is 11.7 Å². The van der Waals surface area contributed by atoms with Crippen LogP contribution in [0, 0.1) is 5.92 Å². The first-order valence-electron chi connectivity index (χ1n) is 8.48. The van der Waals surface area contributed by atoms with Gasteiger partial charge in [-0.05, 0) is 37.1 Å². The minimum Gasteiger partial charge on any atom is -0.326 e. The van der Waals surface area contributed by atoms with Crippen LogP contribution in [0.3, 0.4) is 0 Å². The zero-order chi connectivity index (χ0) is 18.9. The van der Waals surface area contributed by atoms with Crippen molar-refractivity contribution in [3.05, 3.63) is 42.7 Å². The smallest absolute Gasteiger partial charge is 0.245 e. The van der Waals surface area contributed by atoms with E-state index in [1.807, 2.05) is 0 Å². The van der Waals surface area contributed by atoms with Gasteiger partial charge in [-0.2, -0.15) is 13.1 Å². The fourth-order valence-corrected chi connectivity index (χ4v) is 5.46. The quantitative estimate of drug-likeness (QED) is 0.715. The molecule has 1 aliphatic rings. The predicted molar refractivity (Wildman–Crippen MR) is 102 cm³/mol. The van der Waals surface area contributed by atoms with Crippen LogP contribution in [0.25, 0.3) is 11.0 Å². The van der Waals surface area contributed by atoms with Crippen LogP contribution in [0.2, 0.25) is 0 Å². The molecule has 0 aliphatic carbocycles. The summed E-state index contributed by atoms with van der Waals surface area (Å²) in [5, 5.41) is 2.83. The summed E-state index contributed by atoms with van der Waals surface area (Å²) >= 11 is 0.984. The maximum absolute atomic E-state index is 13.1. The van der Waals surface area contributed by atoms with E-state index in [0.29, 0.717) is 36.1 Å². The molecule has 1 fully saturated rings. The van der Waals surface area contributed by atoms with Crippen molar-refractivity contribution in [3.63, 3.8) is 0 Å². The summed E-state index contributed by atoms with van der Waals surface area (Å²) in [4.78, 5) is 16.6. The van der Waals surface area contributed by atoms with E-state index in [-0.39, 0.29) is 17.3 Å². The van der Waals surface area contributed by atoms with Crippen molar-refractivity contribution in [2.45, 2.75) is 17.7 Å². The maximum Gasteiger partial charge on any atom is 0.245 e. The Balaban J connectivity index is 1.55. The van der Waals surface area contributed by atoms with Crippen molar-refractivity contribution < 1.29 is 13.2 Å². The number of nitrogens with zero attached hydrogens (tertiary/aromatic N) is 4. The molecule has 1 amide bonds. The summed E-state index contributed by atoms with van der Waals surface area (Å²) in [6.07, 6.45) is 4.45. The molecule has 0 saturated carbocycles. The lowest BCUT2D eigenvalue weighted by Crippen LogP contribution is -2.43. The average Bonchev–Trinajstić information content (AvgIpc) is 3.17. The zero-order valence-electron chi connectivity index (χ0n) is 14.3. The van der Waals surface area contributed by atoms with Gasteiger partial charge in [-0.25, -0.2) is 8.42 Å². The number of benzene rings is 1. The maximum atomic E-state index is 13.1. The Morgan fingerprint density at radius 1 is 1.19 bits per heavy atom. The lowest BCUT2D eigenvalue weighted by Gasteiger charge is -2.31. The number of nitrogens with one attached hydrogen (secondary N) is 1. The van der Waals surface area contributed by atoms with Crippen molar-refractivity contribution in [2.75, 3.05) is 18.4 Å². The fraction of sp³-hybridized carbons (Fsp3) is 0.294. The number of rotatable bonds is 4. The van der Waals surface area contributed by atoms with Gasteiger partial charge in [0.05, 0.1) is 17.6 Å². The molecule has 2 aromatic heterocycles. The van der Waals surface area contributed by atoms with Crippen LogP contribution in [0.5, 0.6) is 0 Å². The Hall–Kier alpha value is -2.43. The van der Waals surface area contributed by atoms with Crippen LogP contribution in [0.15, 0.2) is 47.6 Å². The number of carbonyl (C=O) groups is 1. The van der Waals surface area contributed by atoms with Crippen molar-refractivity contribution >= 4 is 44.4 Å². The number of aromatic nitrogens is 3. The molecule has 10 heteroatoms. The van der Waals surface area contributed by atoms with Crippen molar-refractivity contribution in [1.29, 1.82) is 0 Å². The number of sulfonamides is 1. The average molecular weight is 403 g/mol. The minimum atomic E-state index is -3.75. The molecule has 0 spiro atoms. The highest BCUT2D eigenvalue weighted by Gasteiger charge is 2.34. The summed E-state index contributed by atoms with van der Waals surface area (Å²) in [7, 11) is -3.75. The van der Waals surface area contributed by atoms with Gasteiger partial charge < -0.3 is 5.32 Å². The molecule has 1 atom stereocenters. The van der Waals surface area contributed by atoms with Crippen molar-refractivity contribution in [3.8, 4) is 0 Å². The first kappa shape index (κ1) is 18.0. The first-order chi connectivity index (χ1) is 13.1. The van der Waals surface area contributed by atoms with Crippen LogP contribution >= 0.6 is 11.7 Å². The third-order valence-corrected chi connectivity index (χ3v) is 7.01. The first-order valence-corrected chi connectivity index (χ1v) is 10.6. The Morgan fingerprint density at radius 3 is 2.81 bits per heavy atom. The Bertz CT molecular complexity index is 1070. The van der Waals surface area contributed by atoms with Crippen LogP contribution in [0.1, 0.15) is 12.8 Å². The van der Waals surface area contributed by atoms with Crippen molar-refractivity contribution in [1.82, 2.24) is 18.0 Å². The highest BCUT2D eigenvalue weighted by atomic mass is 32.2. The van der Waals surface area contributed by atoms with E-state index in [9.17, 15) is 13.2 Å². The predicted octanol–water partition coefficient (Wildman–Crippen LogP) is 2.13. The van der Waals surface area contributed by atoms with Crippen molar-refractivity contribution in [2.24, 2.45) is 5.92 Å². The Morgan fingerprint density at radius 2 is 2.00 bits per heavy atom. The number of fused-ring (bicyclic) bond motifs is 1. The molecule has 0 bridgehead atoms. The van der Waals surface area contributed by atoms with E-state index in [1.165, 1.54) is 4.31 Å². The number of piperidine rings is 1. The van der Waals surface area contributed by atoms with E-state index in [2.05, 4.69) is 19.0 Å². The van der Waals surface area contributed by atoms with Gasteiger partial charge in [-0.3, -0.25) is 9.78 Å². The van der Waals surface area contributed by atoms with E-state index in [1.54, 1.807) is 42.7 Å². The second-order valence-corrected chi connectivity index (χ2v) is 8.75. The molecule has 140 valence electrons. The standard InChI is InChI=1S/C17H17N5O3S2/c23-17(19-13-6-8-18-9-7-13)12-3-2-10-22(11-12)27(24,25)15-5-1-4-14-16(15)21-26-20-14/h1,4-9,12H,2-3,10-11H2,(H,18,19,23). The van der Waals surface area contributed by atoms with Crippen LogP contribution in [0.4, 0.5) is 5.69 Å². The molecule has 1 N–H and O–H groups in total. The topological polar surface area (TPSA) is 105 Å². The SMILES string of the molecule is O=C(Nc1ccncc1)C1CCCN(S(=O)(=O)c2cccc3nsnc23)C1. The summed E-state index contributed by atoms with van der Waals surface area (Å²) in [5.41, 5.74) is 1.59. The monoisotopic (exact) mass is 403 g/mol. The number of pyridine rings is 1. The largest absolute Gasteiger partial charge is 0.326 e. The molecule has 27 heavy (non-hydrogen) atoms. The Kier molecular flexibility index (Phi) is 4.85. The summed E-state index contributed by atoms with van der Waals surface area (Å²) < 4.78 is 35.9. The number of anilines is 1.